The monoisotopic (exact) mass is 575 g/mol. The van der Waals surface area contributed by atoms with Crippen LogP contribution in [0, 0.1) is 0 Å². The summed E-state index contributed by atoms with van der Waals surface area (Å²) in [6.07, 6.45) is 5.48. The van der Waals surface area contributed by atoms with Crippen LogP contribution in [0.4, 0.5) is 25.0 Å². The predicted molar refractivity (Wildman–Crippen MR) is 143 cm³/mol. The molecule has 5 rings (SSSR count). The van der Waals surface area contributed by atoms with E-state index in [9.17, 15) is 18.7 Å². The summed E-state index contributed by atoms with van der Waals surface area (Å²) in [6, 6.07) is 5.31. The summed E-state index contributed by atoms with van der Waals surface area (Å²) in [5, 5.41) is 23.4. The van der Waals surface area contributed by atoms with E-state index in [1.165, 1.54) is 27.8 Å². The van der Waals surface area contributed by atoms with E-state index in [2.05, 4.69) is 20.5 Å². The van der Waals surface area contributed by atoms with Gasteiger partial charge in [-0.05, 0) is 51.5 Å². The Labute approximate surface area is 233 Å². The molecule has 0 saturated carbocycles. The number of rotatable bonds is 6. The summed E-state index contributed by atoms with van der Waals surface area (Å²) in [5.41, 5.74) is 1.19. The number of nitrogens with zero attached hydrogens (tertiary/aromatic N) is 6. The molecule has 1 aliphatic heterocycles. The summed E-state index contributed by atoms with van der Waals surface area (Å²) < 4.78 is 39.9. The number of piperidine rings is 1. The molecule has 4 aromatic rings. The number of benzene rings is 1. The lowest BCUT2D eigenvalue weighted by Gasteiger charge is -2.36. The molecule has 1 fully saturated rings. The molecule has 0 radical (unpaired) electrons. The van der Waals surface area contributed by atoms with Gasteiger partial charge in [0.05, 0.1) is 24.0 Å². The summed E-state index contributed by atoms with van der Waals surface area (Å²) in [4.78, 5) is 18.6. The maximum absolute atomic E-state index is 13.3. The average molecular weight is 576 g/mol. The highest BCUT2D eigenvalue weighted by atomic mass is 35.5. The van der Waals surface area contributed by atoms with Gasteiger partial charge in [-0.2, -0.15) is 19.0 Å². The van der Waals surface area contributed by atoms with Crippen molar-refractivity contribution in [2.75, 3.05) is 18.4 Å². The Balaban J connectivity index is 1.56. The lowest BCUT2D eigenvalue weighted by atomic mass is 10.0. The van der Waals surface area contributed by atoms with E-state index >= 15 is 0 Å². The molecule has 14 heteroatoms. The number of aliphatic hydroxyl groups is 1. The Morgan fingerprint density at radius 2 is 2.08 bits per heavy atom. The molecule has 11 nitrogen and oxygen atoms in total. The van der Waals surface area contributed by atoms with Gasteiger partial charge in [-0.25, -0.2) is 14.3 Å². The van der Waals surface area contributed by atoms with Crippen molar-refractivity contribution in [3.63, 3.8) is 0 Å². The van der Waals surface area contributed by atoms with Gasteiger partial charge in [0.1, 0.15) is 22.7 Å². The van der Waals surface area contributed by atoms with Gasteiger partial charge in [0.15, 0.2) is 5.65 Å². The molecule has 1 amide bonds. The molecule has 1 aliphatic rings. The van der Waals surface area contributed by atoms with Crippen LogP contribution in [0.25, 0.3) is 16.9 Å². The Hall–Kier alpha value is -3.97. The van der Waals surface area contributed by atoms with Crippen LogP contribution in [0.5, 0.6) is 5.75 Å². The first-order chi connectivity index (χ1) is 19.0. The second kappa shape index (κ2) is 10.9. The van der Waals surface area contributed by atoms with Crippen molar-refractivity contribution in [3.05, 3.63) is 54.1 Å². The minimum absolute atomic E-state index is 0.116. The Morgan fingerprint density at radius 1 is 1.27 bits per heavy atom. The minimum Gasteiger partial charge on any atom is -0.444 e. The normalized spacial score (nSPS) is 17.9. The molecule has 0 unspecified atom stereocenters. The molecule has 2 atom stereocenters. The molecule has 0 bridgehead atoms. The number of halogens is 3. The molecule has 40 heavy (non-hydrogen) atoms. The van der Waals surface area contributed by atoms with Gasteiger partial charge in [-0.1, -0.05) is 11.6 Å². The van der Waals surface area contributed by atoms with Crippen LogP contribution >= 0.6 is 11.6 Å². The van der Waals surface area contributed by atoms with Crippen LogP contribution in [0.2, 0.25) is 5.02 Å². The number of nitrogens with one attached hydrogen (secondary N) is 1. The van der Waals surface area contributed by atoms with Crippen LogP contribution in [0.3, 0.4) is 0 Å². The Bertz CT molecular complexity index is 1520. The molecular weight excluding hydrogens is 548 g/mol. The van der Waals surface area contributed by atoms with Crippen LogP contribution in [0.1, 0.15) is 33.2 Å². The maximum atomic E-state index is 13.3. The molecule has 1 saturated heterocycles. The third-order valence-corrected chi connectivity index (χ3v) is 6.47. The number of aromatic nitrogens is 5. The molecule has 1 aromatic carbocycles. The molecule has 2 N–H and O–H groups in total. The van der Waals surface area contributed by atoms with Crippen molar-refractivity contribution in [3.8, 4) is 17.0 Å². The highest BCUT2D eigenvalue weighted by molar-refractivity contribution is 6.31. The van der Waals surface area contributed by atoms with Crippen LogP contribution in [0.15, 0.2) is 49.1 Å². The second-order valence-corrected chi connectivity index (χ2v) is 10.7. The van der Waals surface area contributed by atoms with Crippen molar-refractivity contribution in [1.82, 2.24) is 29.3 Å². The second-order valence-electron chi connectivity index (χ2n) is 10.3. The highest BCUT2D eigenvalue weighted by Crippen LogP contribution is 2.39. The highest BCUT2D eigenvalue weighted by Gasteiger charge is 2.35. The van der Waals surface area contributed by atoms with E-state index < -0.39 is 30.5 Å². The number of hydrogen-bond acceptors (Lipinski definition) is 8. The first-order valence-corrected chi connectivity index (χ1v) is 12.9. The van der Waals surface area contributed by atoms with Crippen LogP contribution < -0.4 is 10.1 Å². The largest absolute Gasteiger partial charge is 0.444 e. The molecule has 3 aromatic heterocycles. The standard InChI is InChI=1S/C26H28ClF2N7O4/c1-26(2,3)40-25(38)34-10-7-20(37)19(14-34)36-13-18(32-17-12-31-35-9-4-8-30-23(17)35)22(33-36)16-11-15(27)5-6-21(16)39-24(28)29/h4-6,8-9,11-13,19-20,24,32,37H,7,10,14H2,1-3H3/t19-,20-/m0/s1. The van der Waals surface area contributed by atoms with Crippen LogP contribution in [-0.4, -0.2) is 71.9 Å². The first-order valence-electron chi connectivity index (χ1n) is 12.5. The zero-order valence-corrected chi connectivity index (χ0v) is 22.7. The number of carbonyl (C=O) groups excluding carboxylic acids is 1. The number of fused-ring (bicyclic) bond motifs is 1. The quantitative estimate of drug-likeness (QED) is 0.325. The summed E-state index contributed by atoms with van der Waals surface area (Å²) >= 11 is 6.24. The SMILES string of the molecule is CC(C)(C)OC(=O)N1CC[C@H](O)[C@@H](n2cc(Nc3cnn4cccnc34)c(-c3cc(Cl)ccc3OC(F)F)n2)C1. The van der Waals surface area contributed by atoms with Gasteiger partial charge >= 0.3 is 12.7 Å². The molecule has 212 valence electrons. The molecule has 0 aliphatic carbocycles. The minimum atomic E-state index is -3.08. The maximum Gasteiger partial charge on any atom is 0.410 e. The number of hydrogen-bond donors (Lipinski definition) is 2. The number of alkyl halides is 2. The van der Waals surface area contributed by atoms with Crippen molar-refractivity contribution in [1.29, 1.82) is 0 Å². The van der Waals surface area contributed by atoms with E-state index in [-0.39, 0.29) is 35.0 Å². The van der Waals surface area contributed by atoms with Crippen molar-refractivity contribution < 1.29 is 28.2 Å². The lowest BCUT2D eigenvalue weighted by Crippen LogP contribution is -2.48. The number of anilines is 2. The van der Waals surface area contributed by atoms with Gasteiger partial charge in [0, 0.05) is 42.3 Å². The average Bonchev–Trinajstić information content (AvgIpc) is 3.49. The number of likely N-dealkylation sites (tertiary alicyclic amines) is 1. The summed E-state index contributed by atoms with van der Waals surface area (Å²) in [7, 11) is 0. The Morgan fingerprint density at radius 3 is 2.83 bits per heavy atom. The van der Waals surface area contributed by atoms with Gasteiger partial charge in [-0.3, -0.25) is 4.68 Å². The van der Waals surface area contributed by atoms with Gasteiger partial charge in [-0.15, -0.1) is 0 Å². The first kappa shape index (κ1) is 27.6. The summed E-state index contributed by atoms with van der Waals surface area (Å²) in [5.74, 6) is -0.134. The smallest absolute Gasteiger partial charge is 0.410 e. The lowest BCUT2D eigenvalue weighted by molar-refractivity contribution is -0.0494. The third-order valence-electron chi connectivity index (χ3n) is 6.23. The van der Waals surface area contributed by atoms with E-state index in [4.69, 9.17) is 21.1 Å². The molecular formula is C26H28ClF2N7O4. The fraction of sp³-hybridized carbons (Fsp3) is 0.385. The van der Waals surface area contributed by atoms with Gasteiger partial charge < -0.3 is 24.8 Å². The van der Waals surface area contributed by atoms with Crippen molar-refractivity contribution in [2.45, 2.75) is 51.6 Å². The van der Waals surface area contributed by atoms with Crippen molar-refractivity contribution >= 4 is 34.7 Å². The number of aliphatic hydroxyl groups excluding tert-OH is 1. The predicted octanol–water partition coefficient (Wildman–Crippen LogP) is 5.13. The third kappa shape index (κ3) is 5.94. The number of ether oxygens (including phenoxy) is 2. The van der Waals surface area contributed by atoms with E-state index in [1.807, 2.05) is 0 Å². The Kier molecular flexibility index (Phi) is 7.51. The zero-order chi connectivity index (χ0) is 28.6. The topological polar surface area (TPSA) is 119 Å². The number of amides is 1. The summed E-state index contributed by atoms with van der Waals surface area (Å²) in [6.45, 7) is 2.67. The fourth-order valence-electron chi connectivity index (χ4n) is 4.47. The fourth-order valence-corrected chi connectivity index (χ4v) is 4.64. The molecule has 4 heterocycles. The van der Waals surface area contributed by atoms with E-state index in [0.29, 0.717) is 23.6 Å². The van der Waals surface area contributed by atoms with Crippen molar-refractivity contribution in [2.24, 2.45) is 0 Å². The van der Waals surface area contributed by atoms with Gasteiger partial charge in [0.2, 0.25) is 0 Å². The molecule has 0 spiro atoms. The van der Waals surface area contributed by atoms with Gasteiger partial charge in [0.25, 0.3) is 0 Å². The number of carbonyl (C=O) groups is 1. The zero-order valence-electron chi connectivity index (χ0n) is 22.0. The van der Waals surface area contributed by atoms with E-state index in [0.717, 1.165) is 0 Å². The van der Waals surface area contributed by atoms with E-state index in [1.54, 1.807) is 56.1 Å². The van der Waals surface area contributed by atoms with Crippen LogP contribution in [-0.2, 0) is 4.74 Å².